The first kappa shape index (κ1) is 9.85. The van der Waals surface area contributed by atoms with Crippen molar-refractivity contribution in [3.8, 4) is 0 Å². The molecule has 0 radical (unpaired) electrons. The van der Waals surface area contributed by atoms with Crippen LogP contribution < -0.4 is 6.15 Å². The van der Waals surface area contributed by atoms with Gasteiger partial charge in [-0.05, 0) is 0 Å². The first-order chi connectivity index (χ1) is 3.13. The zero-order valence-corrected chi connectivity index (χ0v) is 3.83. The maximum absolute atomic E-state index is 9.21. The summed E-state index contributed by atoms with van der Waals surface area (Å²) >= 11 is 0. The third-order valence-electron chi connectivity index (χ3n) is 0.175. The third kappa shape index (κ3) is 8.83. The molecule has 6 nitrogen and oxygen atoms in total. The summed E-state index contributed by atoms with van der Waals surface area (Å²) in [6.45, 7) is 0. The summed E-state index contributed by atoms with van der Waals surface area (Å²) in [7, 11) is 0. The van der Waals surface area contributed by atoms with Crippen molar-refractivity contribution in [2.75, 3.05) is 0 Å². The lowest BCUT2D eigenvalue weighted by atomic mass is 11.3. The van der Waals surface area contributed by atoms with Gasteiger partial charge in [0.1, 0.15) is 0 Å². The van der Waals surface area contributed by atoms with Crippen LogP contribution in [0, 0.1) is 0 Å². The maximum atomic E-state index is 9.21. The highest BCUT2D eigenvalue weighted by atomic mass is 16.7. The molecular weight excluding hydrogens is 118 g/mol. The minimum Gasteiger partial charge on any atom is -0.449 e. The van der Waals surface area contributed by atoms with Crippen molar-refractivity contribution in [2.45, 2.75) is 0 Å². The van der Waals surface area contributed by atoms with Crippen molar-refractivity contribution < 1.29 is 24.5 Å². The molecule has 0 aliphatic heterocycles. The highest BCUT2D eigenvalue weighted by Crippen LogP contribution is 1.73. The van der Waals surface area contributed by atoms with E-state index in [-0.39, 0.29) is 6.15 Å². The highest BCUT2D eigenvalue weighted by Gasteiger charge is 2.01. The standard InChI is InChI=1S/C2H2O5.H3N/c3-1(4)7-2(5)6;/h(H,3,4)(H,5,6);1H3. The topological polar surface area (TPSA) is 119 Å². The van der Waals surface area contributed by atoms with Crippen LogP contribution in [0.2, 0.25) is 0 Å². The first-order valence-corrected chi connectivity index (χ1v) is 1.26. The van der Waals surface area contributed by atoms with Crippen molar-refractivity contribution in [2.24, 2.45) is 0 Å². The lowest BCUT2D eigenvalue weighted by Gasteiger charge is -1.84. The monoisotopic (exact) mass is 123 g/mol. The summed E-state index contributed by atoms with van der Waals surface area (Å²) in [5, 5.41) is 15.0. The molecule has 0 amide bonds. The zero-order chi connectivity index (χ0) is 5.86. The van der Waals surface area contributed by atoms with Crippen LogP contribution >= 0.6 is 0 Å². The lowest BCUT2D eigenvalue weighted by molar-refractivity contribution is 0.0802. The van der Waals surface area contributed by atoms with Crippen LogP contribution in [-0.2, 0) is 4.74 Å². The van der Waals surface area contributed by atoms with E-state index in [4.69, 9.17) is 10.2 Å². The normalized spacial score (nSPS) is 6.50. The minimum atomic E-state index is -1.81. The fraction of sp³-hybridized carbons (Fsp3) is 0. The van der Waals surface area contributed by atoms with Crippen molar-refractivity contribution in [3.63, 3.8) is 0 Å². The smallest absolute Gasteiger partial charge is 0.449 e. The van der Waals surface area contributed by atoms with Crippen molar-refractivity contribution in [1.82, 2.24) is 6.15 Å². The SMILES string of the molecule is N.O=C(O)OC(=O)O. The summed E-state index contributed by atoms with van der Waals surface area (Å²) < 4.78 is 3.08. The van der Waals surface area contributed by atoms with Crippen LogP contribution in [-0.4, -0.2) is 22.5 Å². The van der Waals surface area contributed by atoms with E-state index in [0.29, 0.717) is 0 Å². The van der Waals surface area contributed by atoms with Crippen LogP contribution in [0.5, 0.6) is 0 Å². The van der Waals surface area contributed by atoms with Crippen molar-refractivity contribution in [3.05, 3.63) is 0 Å². The Morgan fingerprint density at radius 1 is 1.12 bits per heavy atom. The minimum absolute atomic E-state index is 0. The molecule has 0 bridgehead atoms. The van der Waals surface area contributed by atoms with Crippen molar-refractivity contribution >= 4 is 12.3 Å². The van der Waals surface area contributed by atoms with Gasteiger partial charge in [-0.2, -0.15) is 0 Å². The highest BCUT2D eigenvalue weighted by molar-refractivity contribution is 5.74. The molecule has 0 aromatic heterocycles. The third-order valence-corrected chi connectivity index (χ3v) is 0.175. The quantitative estimate of drug-likeness (QED) is 0.319. The van der Waals surface area contributed by atoms with Gasteiger partial charge in [-0.15, -0.1) is 0 Å². The van der Waals surface area contributed by atoms with Crippen LogP contribution in [0.25, 0.3) is 0 Å². The second kappa shape index (κ2) is 3.88. The Kier molecular flexibility index (Phi) is 4.77. The Balaban J connectivity index is 0. The molecule has 0 spiro atoms. The van der Waals surface area contributed by atoms with Gasteiger partial charge in [-0.3, -0.25) is 0 Å². The van der Waals surface area contributed by atoms with Crippen LogP contribution in [0.4, 0.5) is 9.59 Å². The predicted octanol–water partition coefficient (Wildman–Crippen LogP) is 0.521. The van der Waals surface area contributed by atoms with E-state index < -0.39 is 12.3 Å². The number of hydrogen-bond acceptors (Lipinski definition) is 4. The fourth-order valence-corrected chi connectivity index (χ4v) is 0.0747. The predicted molar refractivity (Wildman–Crippen MR) is 22.2 cm³/mol. The Hall–Kier alpha value is -1.30. The van der Waals surface area contributed by atoms with Gasteiger partial charge in [-0.1, -0.05) is 0 Å². The lowest BCUT2D eigenvalue weighted by Crippen LogP contribution is -2.05. The van der Waals surface area contributed by atoms with Gasteiger partial charge >= 0.3 is 12.3 Å². The molecule has 8 heavy (non-hydrogen) atoms. The molecule has 0 unspecified atom stereocenters. The van der Waals surface area contributed by atoms with E-state index in [2.05, 4.69) is 4.74 Å². The molecule has 48 valence electrons. The number of carbonyl (C=O) groups is 2. The van der Waals surface area contributed by atoms with E-state index in [1.807, 2.05) is 0 Å². The summed E-state index contributed by atoms with van der Waals surface area (Å²) in [5.41, 5.74) is 0. The largest absolute Gasteiger partial charge is 0.516 e. The van der Waals surface area contributed by atoms with Crippen LogP contribution in [0.1, 0.15) is 0 Å². The Bertz CT molecular complexity index is 86.6. The molecule has 0 heterocycles. The number of carboxylic acid groups (broad SMARTS) is 2. The molecule has 0 saturated carbocycles. The zero-order valence-electron chi connectivity index (χ0n) is 3.83. The second-order valence-electron chi connectivity index (χ2n) is 0.634. The Morgan fingerprint density at radius 3 is 1.38 bits per heavy atom. The molecule has 0 fully saturated rings. The fourth-order valence-electron chi connectivity index (χ4n) is 0.0747. The summed E-state index contributed by atoms with van der Waals surface area (Å²) in [5.74, 6) is 0. The Labute approximate surface area is 44.3 Å². The maximum Gasteiger partial charge on any atom is 0.516 e. The van der Waals surface area contributed by atoms with Gasteiger partial charge in [0.15, 0.2) is 0 Å². The van der Waals surface area contributed by atoms with E-state index in [0.717, 1.165) is 0 Å². The van der Waals surface area contributed by atoms with Crippen LogP contribution in [0.3, 0.4) is 0 Å². The molecule has 0 aliphatic rings. The van der Waals surface area contributed by atoms with E-state index in [1.54, 1.807) is 0 Å². The van der Waals surface area contributed by atoms with E-state index in [9.17, 15) is 9.59 Å². The van der Waals surface area contributed by atoms with Gasteiger partial charge < -0.3 is 21.1 Å². The number of hydrogen-bond donors (Lipinski definition) is 3. The van der Waals surface area contributed by atoms with Gasteiger partial charge in [0.05, 0.1) is 0 Å². The molecule has 5 N–H and O–H groups in total. The number of rotatable bonds is 0. The van der Waals surface area contributed by atoms with Crippen LogP contribution in [0.15, 0.2) is 0 Å². The van der Waals surface area contributed by atoms with Crippen molar-refractivity contribution in [1.29, 1.82) is 0 Å². The molecule has 0 atom stereocenters. The summed E-state index contributed by atoms with van der Waals surface area (Å²) in [6, 6.07) is 0. The van der Waals surface area contributed by atoms with E-state index in [1.165, 1.54) is 0 Å². The molecule has 0 aromatic carbocycles. The second-order valence-corrected chi connectivity index (χ2v) is 0.634. The molecule has 6 heteroatoms. The molecule has 0 aliphatic carbocycles. The molecular formula is C2H5NO5. The Morgan fingerprint density at radius 2 is 1.38 bits per heavy atom. The van der Waals surface area contributed by atoms with E-state index >= 15 is 0 Å². The van der Waals surface area contributed by atoms with Gasteiger partial charge in [0, 0.05) is 0 Å². The average Bonchev–Trinajstić information content (AvgIpc) is 1.27. The summed E-state index contributed by atoms with van der Waals surface area (Å²) in [4.78, 5) is 18.4. The number of ether oxygens (including phenoxy) is 1. The van der Waals surface area contributed by atoms with Gasteiger partial charge in [-0.25, -0.2) is 9.59 Å². The first-order valence-electron chi connectivity index (χ1n) is 1.26. The molecule has 0 rings (SSSR count). The average molecular weight is 123 g/mol. The van der Waals surface area contributed by atoms with Gasteiger partial charge in [0.25, 0.3) is 0 Å². The summed E-state index contributed by atoms with van der Waals surface area (Å²) in [6.07, 6.45) is -3.62. The molecule has 0 saturated heterocycles. The molecule has 0 aromatic rings. The van der Waals surface area contributed by atoms with Gasteiger partial charge in [0.2, 0.25) is 0 Å².